The average molecular weight is 404 g/mol. The summed E-state index contributed by atoms with van der Waals surface area (Å²) in [5.74, 6) is -1.19. The van der Waals surface area contributed by atoms with Crippen molar-refractivity contribution in [1.29, 1.82) is 0 Å². The molecule has 28 heavy (non-hydrogen) atoms. The third-order valence-electron chi connectivity index (χ3n) is 3.86. The van der Waals surface area contributed by atoms with Gasteiger partial charge in [-0.1, -0.05) is 6.92 Å². The summed E-state index contributed by atoms with van der Waals surface area (Å²) >= 11 is 0. The van der Waals surface area contributed by atoms with Gasteiger partial charge in [-0.3, -0.25) is 4.79 Å². The number of hydrogen-bond donors (Lipinski definition) is 2. The Morgan fingerprint density at radius 2 is 1.50 bits per heavy atom. The van der Waals surface area contributed by atoms with Crippen molar-refractivity contribution >= 4 is 18.0 Å². The van der Waals surface area contributed by atoms with E-state index in [1.54, 1.807) is 20.8 Å². The molecule has 0 fully saturated rings. The molecule has 0 saturated carbocycles. The van der Waals surface area contributed by atoms with Crippen molar-refractivity contribution in [1.82, 2.24) is 5.32 Å². The first-order chi connectivity index (χ1) is 12.7. The van der Waals surface area contributed by atoms with Crippen LogP contribution in [0.3, 0.4) is 0 Å². The predicted molar refractivity (Wildman–Crippen MR) is 107 cm³/mol. The van der Waals surface area contributed by atoms with Crippen molar-refractivity contribution in [2.24, 2.45) is 0 Å². The summed E-state index contributed by atoms with van der Waals surface area (Å²) in [6, 6.07) is 0. The number of carbonyl (C=O) groups is 3. The molecular weight excluding hydrogens is 364 g/mol. The first kappa shape index (κ1) is 26.2. The zero-order valence-electron chi connectivity index (χ0n) is 18.6. The van der Waals surface area contributed by atoms with Gasteiger partial charge in [-0.25, -0.2) is 9.59 Å². The van der Waals surface area contributed by atoms with Crippen LogP contribution in [0.5, 0.6) is 0 Å². The van der Waals surface area contributed by atoms with Gasteiger partial charge in [-0.15, -0.1) is 0 Å². The number of ether oxygens (including phenoxy) is 2. The van der Waals surface area contributed by atoms with E-state index in [1.807, 2.05) is 27.7 Å². The lowest BCUT2D eigenvalue weighted by Crippen LogP contribution is -2.56. The van der Waals surface area contributed by atoms with Gasteiger partial charge >= 0.3 is 18.0 Å². The molecule has 0 aliphatic rings. The van der Waals surface area contributed by atoms with Crippen molar-refractivity contribution in [2.45, 2.75) is 78.9 Å². The number of carboxylic acids is 1. The smallest absolute Gasteiger partial charge is 0.407 e. The molecule has 0 aliphatic carbocycles. The average Bonchev–Trinajstić information content (AvgIpc) is 2.42. The first-order valence-electron chi connectivity index (χ1n) is 9.94. The number of hydrogen-bond acceptors (Lipinski definition) is 5. The molecule has 0 aromatic carbocycles. The lowest BCUT2D eigenvalue weighted by Gasteiger charge is -2.38. The lowest BCUT2D eigenvalue weighted by molar-refractivity contribution is -0.920. The molecule has 0 heterocycles. The van der Waals surface area contributed by atoms with E-state index in [4.69, 9.17) is 14.6 Å². The Labute approximate surface area is 169 Å². The molecule has 0 radical (unpaired) electrons. The third kappa shape index (κ3) is 13.4. The molecule has 8 heteroatoms. The van der Waals surface area contributed by atoms with Gasteiger partial charge in [0.2, 0.25) is 0 Å². The van der Waals surface area contributed by atoms with E-state index in [-0.39, 0.29) is 18.9 Å². The Morgan fingerprint density at radius 3 is 1.96 bits per heavy atom. The molecule has 0 aromatic rings. The zero-order valence-corrected chi connectivity index (χ0v) is 18.6. The van der Waals surface area contributed by atoms with Gasteiger partial charge in [0.25, 0.3) is 0 Å². The number of aliphatic carboxylic acids is 1. The highest BCUT2D eigenvalue weighted by molar-refractivity contribution is 5.71. The van der Waals surface area contributed by atoms with Crippen LogP contribution in [0.25, 0.3) is 0 Å². The summed E-state index contributed by atoms with van der Waals surface area (Å²) in [6.07, 6.45) is 0.801. The number of carboxylic acid groups (broad SMARTS) is 1. The van der Waals surface area contributed by atoms with Crippen LogP contribution in [0.1, 0.15) is 67.7 Å². The number of esters is 1. The van der Waals surface area contributed by atoms with Crippen LogP contribution >= 0.6 is 0 Å². The first-order valence-corrected chi connectivity index (χ1v) is 9.94. The van der Waals surface area contributed by atoms with E-state index in [0.29, 0.717) is 37.1 Å². The number of nitrogens with one attached hydrogen (secondary N) is 1. The fourth-order valence-electron chi connectivity index (χ4n) is 2.97. The van der Waals surface area contributed by atoms with Gasteiger partial charge in [-0.05, 0) is 48.0 Å². The summed E-state index contributed by atoms with van der Waals surface area (Å²) in [5, 5.41) is 11.7. The van der Waals surface area contributed by atoms with Crippen LogP contribution < -0.4 is 5.32 Å². The molecular formula is C20H39N2O6+. The van der Waals surface area contributed by atoms with Crippen molar-refractivity contribution in [2.75, 3.05) is 32.7 Å². The number of quaternary nitrogens is 1. The van der Waals surface area contributed by atoms with Crippen LogP contribution in [-0.2, 0) is 19.1 Å². The zero-order chi connectivity index (χ0) is 22.0. The van der Waals surface area contributed by atoms with Gasteiger partial charge in [0.15, 0.2) is 6.54 Å². The summed E-state index contributed by atoms with van der Waals surface area (Å²) in [4.78, 5) is 35.3. The highest BCUT2D eigenvalue weighted by Crippen LogP contribution is 2.15. The molecule has 1 atom stereocenters. The Kier molecular flexibility index (Phi) is 10.5. The quantitative estimate of drug-likeness (QED) is 0.406. The highest BCUT2D eigenvalue weighted by atomic mass is 16.6. The van der Waals surface area contributed by atoms with Crippen LogP contribution in [0.15, 0.2) is 0 Å². The normalized spacial score (nSPS) is 14.1. The molecule has 0 bridgehead atoms. The summed E-state index contributed by atoms with van der Waals surface area (Å²) in [6.45, 7) is 15.0. The predicted octanol–water partition coefficient (Wildman–Crippen LogP) is 2.94. The Morgan fingerprint density at radius 1 is 0.929 bits per heavy atom. The van der Waals surface area contributed by atoms with E-state index < -0.39 is 23.3 Å². The molecule has 1 amide bonds. The fourth-order valence-corrected chi connectivity index (χ4v) is 2.97. The molecule has 0 aliphatic heterocycles. The number of amides is 1. The maximum absolute atomic E-state index is 12.5. The minimum atomic E-state index is -0.862. The van der Waals surface area contributed by atoms with Crippen molar-refractivity contribution in [3.63, 3.8) is 0 Å². The third-order valence-corrected chi connectivity index (χ3v) is 3.86. The van der Waals surface area contributed by atoms with Crippen molar-refractivity contribution in [3.8, 4) is 0 Å². The minimum Gasteiger partial charge on any atom is -0.481 e. The highest BCUT2D eigenvalue weighted by Gasteiger charge is 2.32. The molecule has 164 valence electrons. The number of alkyl carbamates (subject to hydrolysis) is 1. The van der Waals surface area contributed by atoms with E-state index >= 15 is 0 Å². The molecule has 8 nitrogen and oxygen atoms in total. The minimum absolute atomic E-state index is 0.0392. The van der Waals surface area contributed by atoms with Crippen LogP contribution in [0.4, 0.5) is 4.79 Å². The Bertz CT molecular complexity index is 522. The van der Waals surface area contributed by atoms with E-state index in [9.17, 15) is 14.4 Å². The van der Waals surface area contributed by atoms with E-state index in [1.165, 1.54) is 0 Å². The van der Waals surface area contributed by atoms with Crippen LogP contribution in [-0.4, -0.2) is 71.5 Å². The van der Waals surface area contributed by atoms with Gasteiger partial charge in [0.05, 0.1) is 32.6 Å². The molecule has 1 unspecified atom stereocenters. The lowest BCUT2D eigenvalue weighted by atomic mass is 10.2. The number of nitrogens with zero attached hydrogens (tertiary/aromatic N) is 1. The SMILES string of the molecule is CCC[N+](CCCC(=O)O)(CCNC(=O)OC(C)(C)C)CC(=O)OC(C)(C)C. The Hall–Kier alpha value is -1.83. The molecule has 0 saturated heterocycles. The van der Waals surface area contributed by atoms with Crippen molar-refractivity contribution in [3.05, 3.63) is 0 Å². The topological polar surface area (TPSA) is 102 Å². The largest absolute Gasteiger partial charge is 0.481 e. The summed E-state index contributed by atoms with van der Waals surface area (Å²) < 4.78 is 11.1. The van der Waals surface area contributed by atoms with E-state index in [2.05, 4.69) is 5.32 Å². The standard InChI is InChI=1S/C20H38N2O6/c1-8-12-22(13-9-10-16(23)24,15-17(25)27-19(2,3)4)14-11-21-18(26)28-20(5,6)7/h8-15H2,1-7H3,(H-,21,23,24,26)/p+1. The second-order valence-corrected chi connectivity index (χ2v) is 9.18. The van der Waals surface area contributed by atoms with E-state index in [0.717, 1.165) is 6.42 Å². The summed E-state index contributed by atoms with van der Waals surface area (Å²) in [5.41, 5.74) is -1.17. The van der Waals surface area contributed by atoms with Crippen LogP contribution in [0.2, 0.25) is 0 Å². The number of carbonyl (C=O) groups excluding carboxylic acids is 2. The van der Waals surface area contributed by atoms with Gasteiger partial charge < -0.3 is 24.4 Å². The summed E-state index contributed by atoms with van der Waals surface area (Å²) in [7, 11) is 0. The monoisotopic (exact) mass is 403 g/mol. The van der Waals surface area contributed by atoms with Gasteiger partial charge in [0.1, 0.15) is 11.2 Å². The maximum atomic E-state index is 12.5. The molecule has 0 aromatic heterocycles. The fraction of sp³-hybridized carbons (Fsp3) is 0.850. The maximum Gasteiger partial charge on any atom is 0.407 e. The Balaban J connectivity index is 5.11. The van der Waals surface area contributed by atoms with Crippen LogP contribution in [0, 0.1) is 0 Å². The second kappa shape index (κ2) is 11.2. The molecule has 0 spiro atoms. The van der Waals surface area contributed by atoms with Gasteiger partial charge in [-0.2, -0.15) is 0 Å². The van der Waals surface area contributed by atoms with Crippen molar-refractivity contribution < 1.29 is 33.4 Å². The van der Waals surface area contributed by atoms with Gasteiger partial charge in [0, 0.05) is 6.42 Å². The molecule has 0 rings (SSSR count). The molecule has 2 N–H and O–H groups in total. The number of rotatable bonds is 11. The second-order valence-electron chi connectivity index (χ2n) is 9.18.